The van der Waals surface area contributed by atoms with Crippen LogP contribution in [0.1, 0.15) is 61.4 Å². The molecular weight excluding hydrogens is 503 g/mol. The van der Waals surface area contributed by atoms with Gasteiger partial charge in [0.1, 0.15) is 0 Å². The van der Waals surface area contributed by atoms with Gasteiger partial charge in [0.15, 0.2) is 0 Å². The zero-order chi connectivity index (χ0) is 22.5. The maximum atomic E-state index is 4.93. The summed E-state index contributed by atoms with van der Waals surface area (Å²) in [7, 11) is 8.09. The van der Waals surface area contributed by atoms with E-state index >= 15 is 0 Å². The van der Waals surface area contributed by atoms with Crippen molar-refractivity contribution in [3.05, 3.63) is 58.1 Å². The van der Waals surface area contributed by atoms with E-state index in [2.05, 4.69) is 78.8 Å². The van der Waals surface area contributed by atoms with Crippen LogP contribution >= 0.6 is 17.0 Å². The molecule has 0 nitrogen and oxygen atoms in total. The van der Waals surface area contributed by atoms with Gasteiger partial charge in [-0.3, -0.25) is 0 Å². The average Bonchev–Trinajstić information content (AvgIpc) is 3.22. The van der Waals surface area contributed by atoms with Crippen molar-refractivity contribution in [1.82, 2.24) is 0 Å². The Morgan fingerprint density at radius 3 is 1.93 bits per heavy atom. The number of fused-ring (bicyclic) bond motifs is 1. The van der Waals surface area contributed by atoms with E-state index in [9.17, 15) is 0 Å². The van der Waals surface area contributed by atoms with E-state index in [1.165, 1.54) is 53.3 Å². The maximum absolute atomic E-state index is 4.93. The molecule has 0 aliphatic carbocycles. The Morgan fingerprint density at radius 1 is 0.900 bits per heavy atom. The number of aryl methyl sites for hydroxylation is 1. The molecule has 0 amide bonds. The fourth-order valence-electron chi connectivity index (χ4n) is 5.35. The Hall–Kier alpha value is -0.140. The third kappa shape index (κ3) is 4.78. The summed E-state index contributed by atoms with van der Waals surface area (Å²) in [4.78, 5) is 0. The van der Waals surface area contributed by atoms with Crippen LogP contribution in [0.15, 0.2) is 30.3 Å². The Morgan fingerprint density at radius 2 is 1.43 bits per heavy atom. The Bertz CT molecular complexity index is 938. The van der Waals surface area contributed by atoms with Crippen LogP contribution in [0.4, 0.5) is 0 Å². The summed E-state index contributed by atoms with van der Waals surface area (Å²) in [6.07, 6.45) is 3.76. The van der Waals surface area contributed by atoms with Gasteiger partial charge in [0.05, 0.1) is 0 Å². The SMILES string of the molecule is CCCCc1c[c-]([Si](CC)(CC)[c-]2c(C)c(C)c(C)c2C)c2ccccc12.[Cl][Zr+2][Cl]. The minimum absolute atomic E-state index is 0.826. The van der Waals surface area contributed by atoms with Crippen LogP contribution in [0, 0.1) is 27.7 Å². The quantitative estimate of drug-likeness (QED) is 0.212. The number of hydrogen-bond donors (Lipinski definition) is 0. The second-order valence-corrected chi connectivity index (χ2v) is 16.8. The molecule has 0 aromatic heterocycles. The van der Waals surface area contributed by atoms with E-state index in [1.807, 2.05) is 0 Å². The number of rotatable bonds is 7. The average molecular weight is 539 g/mol. The van der Waals surface area contributed by atoms with Crippen molar-refractivity contribution in [3.63, 3.8) is 0 Å². The molecule has 162 valence electrons. The number of benzene rings is 1. The topological polar surface area (TPSA) is 0 Å². The van der Waals surface area contributed by atoms with Gasteiger partial charge in [-0.25, -0.2) is 0 Å². The molecule has 0 unspecified atom stereocenters. The zero-order valence-electron chi connectivity index (χ0n) is 19.7. The summed E-state index contributed by atoms with van der Waals surface area (Å²) < 4.78 is 0. The van der Waals surface area contributed by atoms with Gasteiger partial charge in [-0.1, -0.05) is 85.9 Å². The predicted molar refractivity (Wildman–Crippen MR) is 137 cm³/mol. The first-order valence-electron chi connectivity index (χ1n) is 11.2. The van der Waals surface area contributed by atoms with Crippen LogP contribution in [0.5, 0.6) is 0 Å². The normalized spacial score (nSPS) is 11.4. The molecule has 0 radical (unpaired) electrons. The van der Waals surface area contributed by atoms with Crippen LogP contribution in [0.2, 0.25) is 12.1 Å². The van der Waals surface area contributed by atoms with E-state index in [-0.39, 0.29) is 0 Å². The molecule has 0 saturated heterocycles. The van der Waals surface area contributed by atoms with Crippen molar-refractivity contribution >= 4 is 46.2 Å². The standard InChI is InChI=1S/C26H36Si.2ClH.Zr/c1-8-11-14-22-17-25(24-16-13-12-15-23(22)24)27(9-2,10-3)26-20(6)18(4)19(5)21(26)7;;;/h12-13,15-17H,8-11,14H2,1-7H3;2*1H;/q-2;;;+4/p-2. The molecule has 30 heavy (non-hydrogen) atoms. The molecule has 0 N–H and O–H groups in total. The first-order chi connectivity index (χ1) is 14.3. The summed E-state index contributed by atoms with van der Waals surface area (Å²) >= 11 is -0.826. The summed E-state index contributed by atoms with van der Waals surface area (Å²) in [5.41, 5.74) is 7.75. The van der Waals surface area contributed by atoms with Gasteiger partial charge in [0.25, 0.3) is 0 Å². The third-order valence-electron chi connectivity index (χ3n) is 7.32. The van der Waals surface area contributed by atoms with E-state index in [0.717, 1.165) is 0 Å². The minimum atomic E-state index is -1.78. The van der Waals surface area contributed by atoms with Gasteiger partial charge in [-0.05, 0) is 0 Å². The van der Waals surface area contributed by atoms with Crippen molar-refractivity contribution in [2.24, 2.45) is 0 Å². The second kappa shape index (κ2) is 11.6. The first kappa shape index (κ1) is 26.1. The Balaban J connectivity index is 0.00000101. The second-order valence-electron chi connectivity index (χ2n) is 8.47. The van der Waals surface area contributed by atoms with Gasteiger partial charge in [0.2, 0.25) is 0 Å². The molecule has 0 atom stereocenters. The van der Waals surface area contributed by atoms with Crippen molar-refractivity contribution in [3.8, 4) is 0 Å². The van der Waals surface area contributed by atoms with Crippen LogP contribution in [0.3, 0.4) is 0 Å². The molecule has 0 aliphatic rings. The van der Waals surface area contributed by atoms with Gasteiger partial charge >= 0.3 is 37.9 Å². The molecule has 0 aliphatic heterocycles. The van der Waals surface area contributed by atoms with Crippen LogP contribution < -0.4 is 10.4 Å². The van der Waals surface area contributed by atoms with Gasteiger partial charge in [0, 0.05) is 8.07 Å². The van der Waals surface area contributed by atoms with Crippen LogP contribution in [-0.2, 0) is 27.3 Å². The zero-order valence-corrected chi connectivity index (χ0v) is 24.6. The molecule has 0 fully saturated rings. The molecule has 3 aromatic carbocycles. The molecule has 3 aromatic rings. The van der Waals surface area contributed by atoms with Crippen LogP contribution in [0.25, 0.3) is 10.8 Å². The van der Waals surface area contributed by atoms with Crippen LogP contribution in [-0.4, -0.2) is 8.07 Å². The molecule has 4 heteroatoms. The number of unbranched alkanes of at least 4 members (excludes halogenated alkanes) is 1. The molecule has 0 spiro atoms. The number of halogens is 2. The van der Waals surface area contributed by atoms with E-state index in [0.29, 0.717) is 0 Å². The monoisotopic (exact) mass is 536 g/mol. The van der Waals surface area contributed by atoms with Crippen molar-refractivity contribution < 1.29 is 20.8 Å². The van der Waals surface area contributed by atoms with Gasteiger partial charge < -0.3 is 0 Å². The molecule has 0 saturated carbocycles. The Kier molecular flexibility index (Phi) is 10.1. The van der Waals surface area contributed by atoms with E-state index < -0.39 is 28.9 Å². The molecule has 0 bridgehead atoms. The van der Waals surface area contributed by atoms with E-state index in [1.54, 1.807) is 27.1 Å². The summed E-state index contributed by atoms with van der Waals surface area (Å²) in [5.74, 6) is 0. The fraction of sp³-hybridized carbons (Fsp3) is 0.462. The van der Waals surface area contributed by atoms with E-state index in [4.69, 9.17) is 17.0 Å². The first-order valence-corrected chi connectivity index (χ1v) is 20.0. The fourth-order valence-corrected chi connectivity index (χ4v) is 10.6. The molecular formula is C26H36Cl2SiZr. The summed E-state index contributed by atoms with van der Waals surface area (Å²) in [6, 6.07) is 14.4. The van der Waals surface area contributed by atoms with Gasteiger partial charge in [-0.2, -0.15) is 33.0 Å². The summed E-state index contributed by atoms with van der Waals surface area (Å²) in [5, 5.41) is 6.48. The predicted octanol–water partition coefficient (Wildman–Crippen LogP) is 7.83. The summed E-state index contributed by atoms with van der Waals surface area (Å²) in [6.45, 7) is 16.6. The number of hydrogen-bond acceptors (Lipinski definition) is 0. The van der Waals surface area contributed by atoms with Gasteiger partial charge in [-0.15, -0.1) is 40.2 Å². The van der Waals surface area contributed by atoms with Crippen molar-refractivity contribution in [2.75, 3.05) is 0 Å². The molecule has 3 rings (SSSR count). The third-order valence-corrected chi connectivity index (χ3v) is 12.9. The van der Waals surface area contributed by atoms with Crippen molar-refractivity contribution in [1.29, 1.82) is 0 Å². The van der Waals surface area contributed by atoms with Crippen molar-refractivity contribution in [2.45, 2.75) is 79.8 Å². The molecule has 0 heterocycles. The Labute approximate surface area is 203 Å².